The van der Waals surface area contributed by atoms with Crippen molar-refractivity contribution in [1.29, 1.82) is 10.5 Å². The minimum Gasteiger partial charge on any atom is -0.299 e. The lowest BCUT2D eigenvalue weighted by Gasteiger charge is -2.21. The summed E-state index contributed by atoms with van der Waals surface area (Å²) >= 11 is 0. The first-order valence-corrected chi connectivity index (χ1v) is 7.06. The third-order valence-electron chi connectivity index (χ3n) is 2.99. The fourth-order valence-electron chi connectivity index (χ4n) is 2.20. The van der Waals surface area contributed by atoms with E-state index >= 15 is 0 Å². The number of hydrogen-bond donors (Lipinski definition) is 0. The zero-order valence-corrected chi connectivity index (χ0v) is 12.3. The molecule has 0 bridgehead atoms. The second-order valence-corrected chi connectivity index (χ2v) is 4.80. The second kappa shape index (κ2) is 8.91. The van der Waals surface area contributed by atoms with E-state index in [0.29, 0.717) is 0 Å². The van der Waals surface area contributed by atoms with Gasteiger partial charge in [-0.1, -0.05) is 38.1 Å². The summed E-state index contributed by atoms with van der Waals surface area (Å²) in [5.41, 5.74) is 2.27. The van der Waals surface area contributed by atoms with Gasteiger partial charge in [0.1, 0.15) is 17.7 Å². The molecule has 0 aliphatic heterocycles. The van der Waals surface area contributed by atoms with Gasteiger partial charge < -0.3 is 0 Å². The summed E-state index contributed by atoms with van der Waals surface area (Å²) in [6, 6.07) is 11.8. The van der Waals surface area contributed by atoms with Gasteiger partial charge in [-0.15, -0.1) is 0 Å². The molecule has 1 rings (SSSR count). The van der Waals surface area contributed by atoms with Crippen molar-refractivity contribution in [2.75, 3.05) is 13.1 Å². The summed E-state index contributed by atoms with van der Waals surface area (Å²) in [4.78, 5) is 2.43. The molecule has 0 aromatic heterocycles. The van der Waals surface area contributed by atoms with E-state index in [4.69, 9.17) is 10.5 Å². The van der Waals surface area contributed by atoms with Crippen LogP contribution in [0.5, 0.6) is 0 Å². The van der Waals surface area contributed by atoms with Crippen LogP contribution in [0.2, 0.25) is 0 Å². The fraction of sp³-hybridized carbons (Fsp3) is 0.412. The first kappa shape index (κ1) is 16.0. The van der Waals surface area contributed by atoms with Crippen LogP contribution in [0.3, 0.4) is 0 Å². The number of hydrogen-bond acceptors (Lipinski definition) is 3. The van der Waals surface area contributed by atoms with Gasteiger partial charge in [-0.2, -0.15) is 10.5 Å². The molecule has 0 radical (unpaired) electrons. The zero-order valence-electron chi connectivity index (χ0n) is 12.3. The first-order valence-electron chi connectivity index (χ1n) is 7.06. The monoisotopic (exact) mass is 267 g/mol. The molecule has 20 heavy (non-hydrogen) atoms. The summed E-state index contributed by atoms with van der Waals surface area (Å²) in [5.74, 6) is 0. The molecule has 3 nitrogen and oxygen atoms in total. The van der Waals surface area contributed by atoms with Gasteiger partial charge in [-0.05, 0) is 43.1 Å². The van der Waals surface area contributed by atoms with Gasteiger partial charge in [0.2, 0.25) is 0 Å². The first-order chi connectivity index (χ1) is 9.73. The molecular weight excluding hydrogens is 246 g/mol. The molecule has 0 unspecified atom stereocenters. The standard InChI is InChI=1S/C17H21N3/c1-3-8-20(9-4-2)14-16-7-5-6-15(10-16)11-17(12-18)13-19/h5-7,10-11H,3-4,8-9,14H2,1-2H3. The Hall–Kier alpha value is -2.10. The topological polar surface area (TPSA) is 50.8 Å². The Morgan fingerprint density at radius 3 is 2.35 bits per heavy atom. The van der Waals surface area contributed by atoms with E-state index in [0.717, 1.165) is 38.0 Å². The second-order valence-electron chi connectivity index (χ2n) is 4.80. The highest BCUT2D eigenvalue weighted by Crippen LogP contribution is 2.12. The lowest BCUT2D eigenvalue weighted by molar-refractivity contribution is 0.266. The number of benzene rings is 1. The van der Waals surface area contributed by atoms with Crippen LogP contribution in [0, 0.1) is 22.7 Å². The molecule has 0 aliphatic carbocycles. The van der Waals surface area contributed by atoms with Gasteiger partial charge in [-0.25, -0.2) is 0 Å². The molecule has 0 aliphatic rings. The molecule has 3 heteroatoms. The van der Waals surface area contributed by atoms with Gasteiger partial charge in [0.05, 0.1) is 0 Å². The minimum atomic E-state index is 0.140. The Labute approximate surface area is 121 Å². The number of nitrogens with zero attached hydrogens (tertiary/aromatic N) is 3. The van der Waals surface area contributed by atoms with Crippen molar-refractivity contribution in [2.45, 2.75) is 33.2 Å². The number of allylic oxidation sites excluding steroid dienone is 1. The quantitative estimate of drug-likeness (QED) is 0.707. The molecule has 104 valence electrons. The van der Waals surface area contributed by atoms with Crippen LogP contribution in [0.15, 0.2) is 29.8 Å². The maximum atomic E-state index is 8.79. The van der Waals surface area contributed by atoms with Crippen molar-refractivity contribution >= 4 is 6.08 Å². The Balaban J connectivity index is 2.85. The van der Waals surface area contributed by atoms with E-state index in [1.165, 1.54) is 5.56 Å². The molecule has 0 amide bonds. The normalized spacial score (nSPS) is 9.85. The highest BCUT2D eigenvalue weighted by atomic mass is 15.1. The average Bonchev–Trinajstić information content (AvgIpc) is 2.46. The zero-order chi connectivity index (χ0) is 14.8. The van der Waals surface area contributed by atoms with Crippen molar-refractivity contribution in [3.05, 3.63) is 41.0 Å². The van der Waals surface area contributed by atoms with Crippen LogP contribution >= 0.6 is 0 Å². The van der Waals surface area contributed by atoms with Gasteiger partial charge >= 0.3 is 0 Å². The van der Waals surface area contributed by atoms with Gasteiger partial charge in [0.25, 0.3) is 0 Å². The fourth-order valence-corrected chi connectivity index (χ4v) is 2.20. The predicted molar refractivity (Wildman–Crippen MR) is 81.5 cm³/mol. The van der Waals surface area contributed by atoms with Crippen molar-refractivity contribution < 1.29 is 0 Å². The highest BCUT2D eigenvalue weighted by Gasteiger charge is 2.04. The van der Waals surface area contributed by atoms with Crippen LogP contribution in [-0.2, 0) is 6.54 Å². The summed E-state index contributed by atoms with van der Waals surface area (Å²) in [6.45, 7) is 7.48. The predicted octanol–water partition coefficient (Wildman–Crippen LogP) is 3.74. The van der Waals surface area contributed by atoms with E-state index in [1.54, 1.807) is 6.08 Å². The molecule has 1 aromatic carbocycles. The van der Waals surface area contributed by atoms with Crippen LogP contribution in [0.25, 0.3) is 6.08 Å². The van der Waals surface area contributed by atoms with Crippen molar-refractivity contribution in [3.63, 3.8) is 0 Å². The summed E-state index contributed by atoms with van der Waals surface area (Å²) < 4.78 is 0. The van der Waals surface area contributed by atoms with Gasteiger partial charge in [0.15, 0.2) is 0 Å². The highest BCUT2D eigenvalue weighted by molar-refractivity contribution is 5.62. The maximum Gasteiger partial charge on any atom is 0.130 e. The van der Waals surface area contributed by atoms with Gasteiger partial charge in [0, 0.05) is 6.54 Å². The molecule has 0 spiro atoms. The molecule has 0 N–H and O–H groups in total. The Kier molecular flexibility index (Phi) is 7.11. The molecule has 0 saturated heterocycles. The van der Waals surface area contributed by atoms with Crippen molar-refractivity contribution in [3.8, 4) is 12.1 Å². The minimum absolute atomic E-state index is 0.140. The van der Waals surface area contributed by atoms with Crippen molar-refractivity contribution in [2.24, 2.45) is 0 Å². The van der Waals surface area contributed by atoms with Crippen LogP contribution in [-0.4, -0.2) is 18.0 Å². The SMILES string of the molecule is CCCN(CCC)Cc1cccc(C=C(C#N)C#N)c1. The van der Waals surface area contributed by atoms with Gasteiger partial charge in [-0.3, -0.25) is 4.90 Å². The molecule has 0 saturated carbocycles. The number of rotatable bonds is 7. The van der Waals surface area contributed by atoms with Crippen LogP contribution in [0.1, 0.15) is 37.8 Å². The Morgan fingerprint density at radius 2 is 1.80 bits per heavy atom. The largest absolute Gasteiger partial charge is 0.299 e. The van der Waals surface area contributed by atoms with E-state index in [2.05, 4.69) is 24.8 Å². The van der Waals surface area contributed by atoms with Crippen molar-refractivity contribution in [1.82, 2.24) is 4.90 Å². The third kappa shape index (κ3) is 5.26. The van der Waals surface area contributed by atoms with E-state index < -0.39 is 0 Å². The molecule has 1 aromatic rings. The third-order valence-corrected chi connectivity index (χ3v) is 2.99. The molecule has 0 fully saturated rings. The van der Waals surface area contributed by atoms with E-state index in [-0.39, 0.29) is 5.57 Å². The smallest absolute Gasteiger partial charge is 0.130 e. The summed E-state index contributed by atoms with van der Waals surface area (Å²) in [6.07, 6.45) is 3.92. The molecular formula is C17H21N3. The maximum absolute atomic E-state index is 8.79. The molecule has 0 atom stereocenters. The van der Waals surface area contributed by atoms with Crippen LogP contribution < -0.4 is 0 Å². The molecule has 0 heterocycles. The summed E-state index contributed by atoms with van der Waals surface area (Å²) in [5, 5.41) is 17.6. The van der Waals surface area contributed by atoms with E-state index in [1.807, 2.05) is 30.3 Å². The Morgan fingerprint density at radius 1 is 1.15 bits per heavy atom. The number of nitriles is 2. The van der Waals surface area contributed by atoms with E-state index in [9.17, 15) is 0 Å². The van der Waals surface area contributed by atoms with Crippen LogP contribution in [0.4, 0.5) is 0 Å². The average molecular weight is 267 g/mol. The Bertz CT molecular complexity index is 510. The summed E-state index contributed by atoms with van der Waals surface area (Å²) in [7, 11) is 0. The lowest BCUT2D eigenvalue weighted by atomic mass is 10.1. The lowest BCUT2D eigenvalue weighted by Crippen LogP contribution is -2.24.